The molecule has 0 saturated carbocycles. The molecule has 3 heterocycles. The minimum Gasteiger partial charge on any atom is -0.384 e. The SMILES string of the molecule is OCC#Cc1ccsc1Cn1ccnc1-c1cccs1. The van der Waals surface area contributed by atoms with Crippen molar-refractivity contribution in [2.24, 2.45) is 0 Å². The number of thiophene rings is 2. The molecular formula is C15H12N2OS2. The Kier molecular flexibility index (Phi) is 3.97. The maximum atomic E-state index is 8.80. The van der Waals surface area contributed by atoms with Crippen LogP contribution in [0.3, 0.4) is 0 Å². The van der Waals surface area contributed by atoms with Gasteiger partial charge < -0.3 is 9.67 Å². The van der Waals surface area contributed by atoms with Crippen LogP contribution in [0, 0.1) is 11.8 Å². The van der Waals surface area contributed by atoms with E-state index in [0.29, 0.717) is 0 Å². The number of nitrogens with zero attached hydrogens (tertiary/aromatic N) is 2. The molecule has 0 saturated heterocycles. The van der Waals surface area contributed by atoms with Crippen LogP contribution in [0.25, 0.3) is 10.7 Å². The van der Waals surface area contributed by atoms with Crippen LogP contribution in [0.2, 0.25) is 0 Å². The number of hydrogen-bond acceptors (Lipinski definition) is 4. The van der Waals surface area contributed by atoms with Crippen molar-refractivity contribution in [2.75, 3.05) is 6.61 Å². The number of hydrogen-bond donors (Lipinski definition) is 1. The van der Waals surface area contributed by atoms with Gasteiger partial charge in [0.2, 0.25) is 0 Å². The third-order valence-corrected chi connectivity index (χ3v) is 4.59. The molecule has 0 aliphatic rings. The maximum absolute atomic E-state index is 8.80. The minimum absolute atomic E-state index is 0.110. The van der Waals surface area contributed by atoms with E-state index < -0.39 is 0 Å². The summed E-state index contributed by atoms with van der Waals surface area (Å²) >= 11 is 3.36. The average molecular weight is 300 g/mol. The van der Waals surface area contributed by atoms with Gasteiger partial charge >= 0.3 is 0 Å². The van der Waals surface area contributed by atoms with Crippen LogP contribution in [0.15, 0.2) is 41.4 Å². The number of rotatable bonds is 3. The van der Waals surface area contributed by atoms with E-state index in [2.05, 4.69) is 32.8 Å². The first-order valence-electron chi connectivity index (χ1n) is 6.09. The van der Waals surface area contributed by atoms with Crippen molar-refractivity contribution in [3.05, 3.63) is 51.8 Å². The highest BCUT2D eigenvalue weighted by Gasteiger charge is 2.09. The average Bonchev–Trinajstić information content (AvgIpc) is 3.18. The quantitative estimate of drug-likeness (QED) is 0.755. The van der Waals surface area contributed by atoms with Crippen molar-refractivity contribution >= 4 is 22.7 Å². The molecule has 3 rings (SSSR count). The van der Waals surface area contributed by atoms with Crippen LogP contribution in [0.1, 0.15) is 10.4 Å². The van der Waals surface area contributed by atoms with Gasteiger partial charge in [0, 0.05) is 22.8 Å². The topological polar surface area (TPSA) is 38.0 Å². The van der Waals surface area contributed by atoms with Crippen molar-refractivity contribution in [2.45, 2.75) is 6.54 Å². The van der Waals surface area contributed by atoms with Crippen molar-refractivity contribution in [1.29, 1.82) is 0 Å². The zero-order valence-electron chi connectivity index (χ0n) is 10.6. The third-order valence-electron chi connectivity index (χ3n) is 2.82. The normalized spacial score (nSPS) is 10.2. The largest absolute Gasteiger partial charge is 0.384 e. The van der Waals surface area contributed by atoms with E-state index in [1.165, 1.54) is 4.88 Å². The van der Waals surface area contributed by atoms with Gasteiger partial charge in [-0.3, -0.25) is 0 Å². The molecule has 3 nitrogen and oxygen atoms in total. The van der Waals surface area contributed by atoms with Gasteiger partial charge in [0.25, 0.3) is 0 Å². The molecule has 5 heteroatoms. The van der Waals surface area contributed by atoms with E-state index in [0.717, 1.165) is 22.8 Å². The van der Waals surface area contributed by atoms with Crippen LogP contribution in [0.4, 0.5) is 0 Å². The lowest BCUT2D eigenvalue weighted by Gasteiger charge is -2.05. The summed E-state index contributed by atoms with van der Waals surface area (Å²) in [4.78, 5) is 6.78. The fourth-order valence-corrected chi connectivity index (χ4v) is 3.50. The second-order valence-corrected chi connectivity index (χ2v) is 6.02. The molecule has 0 atom stereocenters. The lowest BCUT2D eigenvalue weighted by molar-refractivity contribution is 0.350. The first-order valence-corrected chi connectivity index (χ1v) is 7.85. The Hall–Kier alpha value is -1.87. The summed E-state index contributed by atoms with van der Waals surface area (Å²) in [5, 5.41) is 12.9. The first-order chi connectivity index (χ1) is 9.88. The van der Waals surface area contributed by atoms with Crippen LogP contribution in [-0.4, -0.2) is 21.3 Å². The Morgan fingerprint density at radius 3 is 3.00 bits per heavy atom. The molecular weight excluding hydrogens is 288 g/mol. The number of aliphatic hydroxyl groups excluding tert-OH is 1. The Morgan fingerprint density at radius 1 is 1.25 bits per heavy atom. The van der Waals surface area contributed by atoms with Gasteiger partial charge in [0.05, 0.1) is 11.4 Å². The Balaban J connectivity index is 1.90. The summed E-state index contributed by atoms with van der Waals surface area (Å²) < 4.78 is 2.13. The molecule has 0 unspecified atom stereocenters. The van der Waals surface area contributed by atoms with Gasteiger partial charge in [0.1, 0.15) is 12.4 Å². The van der Waals surface area contributed by atoms with Crippen LogP contribution in [0.5, 0.6) is 0 Å². The van der Waals surface area contributed by atoms with Crippen LogP contribution >= 0.6 is 22.7 Å². The first kappa shape index (κ1) is 13.1. The van der Waals surface area contributed by atoms with Gasteiger partial charge in [-0.2, -0.15) is 0 Å². The summed E-state index contributed by atoms with van der Waals surface area (Å²) in [6.07, 6.45) is 3.81. The number of aromatic nitrogens is 2. The van der Waals surface area contributed by atoms with Crippen LogP contribution < -0.4 is 0 Å². The fourth-order valence-electron chi connectivity index (χ4n) is 1.93. The molecule has 20 heavy (non-hydrogen) atoms. The summed E-state index contributed by atoms with van der Waals surface area (Å²) in [5.74, 6) is 6.67. The smallest absolute Gasteiger partial charge is 0.150 e. The minimum atomic E-state index is -0.110. The highest BCUT2D eigenvalue weighted by atomic mass is 32.1. The van der Waals surface area contributed by atoms with E-state index in [1.54, 1.807) is 22.7 Å². The molecule has 0 aromatic carbocycles. The third kappa shape index (κ3) is 2.68. The predicted octanol–water partition coefficient (Wildman–Crippen LogP) is 3.07. The molecule has 100 valence electrons. The Labute approximate surface area is 125 Å². The van der Waals surface area contributed by atoms with Crippen molar-refractivity contribution in [3.8, 4) is 22.5 Å². The monoisotopic (exact) mass is 300 g/mol. The second-order valence-electron chi connectivity index (χ2n) is 4.07. The molecule has 0 aliphatic heterocycles. The van der Waals surface area contributed by atoms with Gasteiger partial charge in [-0.05, 0) is 22.9 Å². The van der Waals surface area contributed by atoms with E-state index >= 15 is 0 Å². The van der Waals surface area contributed by atoms with Gasteiger partial charge in [-0.1, -0.05) is 17.9 Å². The standard InChI is InChI=1S/C15H12N2OS2/c18-8-1-3-12-5-10-20-14(12)11-17-7-6-16-15(17)13-4-2-9-19-13/h2,4-7,9-10,18H,8,11H2. The highest BCUT2D eigenvalue weighted by Crippen LogP contribution is 2.25. The van der Waals surface area contributed by atoms with Crippen molar-refractivity contribution in [3.63, 3.8) is 0 Å². The Morgan fingerprint density at radius 2 is 2.20 bits per heavy atom. The van der Waals surface area contributed by atoms with Crippen molar-refractivity contribution in [1.82, 2.24) is 9.55 Å². The molecule has 0 bridgehead atoms. The zero-order chi connectivity index (χ0) is 13.8. The highest BCUT2D eigenvalue weighted by molar-refractivity contribution is 7.13. The van der Waals surface area contributed by atoms with Crippen molar-refractivity contribution < 1.29 is 5.11 Å². The lowest BCUT2D eigenvalue weighted by atomic mass is 10.2. The molecule has 0 radical (unpaired) electrons. The van der Waals surface area contributed by atoms with E-state index in [4.69, 9.17) is 5.11 Å². The molecule has 0 amide bonds. The zero-order valence-corrected chi connectivity index (χ0v) is 12.2. The molecule has 0 fully saturated rings. The molecule has 3 aromatic heterocycles. The van der Waals surface area contributed by atoms with Gasteiger partial charge in [-0.15, -0.1) is 22.7 Å². The lowest BCUT2D eigenvalue weighted by Crippen LogP contribution is -2.00. The summed E-state index contributed by atoms with van der Waals surface area (Å²) in [6.45, 7) is 0.640. The number of imidazole rings is 1. The summed E-state index contributed by atoms with van der Waals surface area (Å²) in [6, 6.07) is 6.09. The van der Waals surface area contributed by atoms with Gasteiger partial charge in [-0.25, -0.2) is 4.98 Å². The predicted molar refractivity (Wildman–Crippen MR) is 82.9 cm³/mol. The summed E-state index contributed by atoms with van der Waals surface area (Å²) in [7, 11) is 0. The molecule has 3 aromatic rings. The van der Waals surface area contributed by atoms with E-state index in [-0.39, 0.29) is 6.61 Å². The second kappa shape index (κ2) is 6.06. The van der Waals surface area contributed by atoms with E-state index in [9.17, 15) is 0 Å². The molecule has 0 aliphatic carbocycles. The van der Waals surface area contributed by atoms with Crippen LogP contribution in [-0.2, 0) is 6.54 Å². The maximum Gasteiger partial charge on any atom is 0.150 e. The molecule has 0 spiro atoms. The van der Waals surface area contributed by atoms with Gasteiger partial charge in [0.15, 0.2) is 0 Å². The summed E-state index contributed by atoms with van der Waals surface area (Å²) in [5.41, 5.74) is 0.981. The van der Waals surface area contributed by atoms with E-state index in [1.807, 2.05) is 29.9 Å². The fraction of sp³-hybridized carbons (Fsp3) is 0.133. The number of aliphatic hydroxyl groups is 1. The Bertz CT molecular complexity index is 744. The molecule has 1 N–H and O–H groups in total.